The first-order chi connectivity index (χ1) is 7.75. The molecule has 0 aromatic carbocycles. The van der Waals surface area contributed by atoms with Crippen LogP contribution in [0.4, 0.5) is 0 Å². The molecule has 2 rings (SSSR count). The SMILES string of the molecule is C[C@@H]1CCCN(C(=O)CSc2cccs2)C1. The smallest absolute Gasteiger partial charge is 0.232 e. The monoisotopic (exact) mass is 255 g/mol. The molecular formula is C12H17NOS2. The predicted molar refractivity (Wildman–Crippen MR) is 70.0 cm³/mol. The van der Waals surface area contributed by atoms with E-state index in [2.05, 4.69) is 18.4 Å². The number of carbonyl (C=O) groups is 1. The van der Waals surface area contributed by atoms with Gasteiger partial charge in [-0.1, -0.05) is 13.0 Å². The quantitative estimate of drug-likeness (QED) is 0.774. The van der Waals surface area contributed by atoms with Gasteiger partial charge in [0.2, 0.25) is 5.91 Å². The zero-order chi connectivity index (χ0) is 11.4. The fourth-order valence-electron chi connectivity index (χ4n) is 1.99. The van der Waals surface area contributed by atoms with Crippen molar-refractivity contribution >= 4 is 29.0 Å². The van der Waals surface area contributed by atoms with E-state index in [1.807, 2.05) is 11.0 Å². The first-order valence-corrected chi connectivity index (χ1v) is 7.56. The molecule has 1 aromatic rings. The molecule has 0 radical (unpaired) electrons. The van der Waals surface area contributed by atoms with Gasteiger partial charge >= 0.3 is 0 Å². The molecule has 1 aliphatic rings. The van der Waals surface area contributed by atoms with E-state index in [1.54, 1.807) is 23.1 Å². The lowest BCUT2D eigenvalue weighted by Gasteiger charge is -2.30. The lowest BCUT2D eigenvalue weighted by Crippen LogP contribution is -2.40. The number of hydrogen-bond acceptors (Lipinski definition) is 3. The maximum absolute atomic E-state index is 11.9. The van der Waals surface area contributed by atoms with Gasteiger partial charge in [0.15, 0.2) is 0 Å². The molecule has 1 saturated heterocycles. The zero-order valence-corrected chi connectivity index (χ0v) is 11.1. The van der Waals surface area contributed by atoms with Gasteiger partial charge in [-0.15, -0.1) is 23.1 Å². The van der Waals surface area contributed by atoms with E-state index in [0.717, 1.165) is 19.5 Å². The Kier molecular flexibility index (Phi) is 4.29. The van der Waals surface area contributed by atoms with Crippen molar-refractivity contribution in [3.8, 4) is 0 Å². The van der Waals surface area contributed by atoms with Gasteiger partial charge < -0.3 is 4.90 Å². The molecule has 0 unspecified atom stereocenters. The van der Waals surface area contributed by atoms with Gasteiger partial charge in [-0.2, -0.15) is 0 Å². The molecule has 88 valence electrons. The van der Waals surface area contributed by atoms with Crippen molar-refractivity contribution in [1.82, 2.24) is 4.90 Å². The summed E-state index contributed by atoms with van der Waals surface area (Å²) in [7, 11) is 0. The largest absolute Gasteiger partial charge is 0.342 e. The Balaban J connectivity index is 1.79. The highest BCUT2D eigenvalue weighted by Gasteiger charge is 2.20. The van der Waals surface area contributed by atoms with Crippen LogP contribution in [0.2, 0.25) is 0 Å². The van der Waals surface area contributed by atoms with Gasteiger partial charge in [0.1, 0.15) is 0 Å². The van der Waals surface area contributed by atoms with Crippen LogP contribution in [0.15, 0.2) is 21.7 Å². The average Bonchev–Trinajstić information content (AvgIpc) is 2.78. The highest BCUT2D eigenvalue weighted by atomic mass is 32.2. The molecule has 1 aromatic heterocycles. The molecule has 4 heteroatoms. The van der Waals surface area contributed by atoms with Crippen LogP contribution in [0.25, 0.3) is 0 Å². The fraction of sp³-hybridized carbons (Fsp3) is 0.583. The molecule has 0 spiro atoms. The van der Waals surface area contributed by atoms with E-state index in [0.29, 0.717) is 17.6 Å². The van der Waals surface area contributed by atoms with Crippen LogP contribution in [-0.4, -0.2) is 29.6 Å². The highest BCUT2D eigenvalue weighted by molar-refractivity contribution is 8.01. The van der Waals surface area contributed by atoms with Crippen LogP contribution < -0.4 is 0 Å². The molecule has 2 heterocycles. The maximum Gasteiger partial charge on any atom is 0.232 e. The number of rotatable bonds is 3. The summed E-state index contributed by atoms with van der Waals surface area (Å²) in [6.45, 7) is 4.13. The van der Waals surface area contributed by atoms with Gasteiger partial charge in [-0.25, -0.2) is 0 Å². The zero-order valence-electron chi connectivity index (χ0n) is 9.52. The molecule has 0 aliphatic carbocycles. The van der Waals surface area contributed by atoms with Crippen LogP contribution in [0.5, 0.6) is 0 Å². The van der Waals surface area contributed by atoms with E-state index < -0.39 is 0 Å². The molecule has 1 aliphatic heterocycles. The van der Waals surface area contributed by atoms with E-state index in [1.165, 1.54) is 10.6 Å². The van der Waals surface area contributed by atoms with Crippen LogP contribution in [0, 0.1) is 5.92 Å². The minimum atomic E-state index is 0.296. The standard InChI is InChI=1S/C12H17NOS2/c1-10-4-2-6-13(8-10)11(14)9-16-12-5-3-7-15-12/h3,5,7,10H,2,4,6,8-9H2,1H3/t10-/m1/s1. The normalized spacial score (nSPS) is 21.1. The Morgan fingerprint density at radius 3 is 3.25 bits per heavy atom. The minimum Gasteiger partial charge on any atom is -0.342 e. The molecule has 0 saturated carbocycles. The summed E-state index contributed by atoms with van der Waals surface area (Å²) in [6.07, 6.45) is 2.43. The second-order valence-corrected chi connectivity index (χ2v) is 6.53. The van der Waals surface area contributed by atoms with Crippen molar-refractivity contribution < 1.29 is 4.79 Å². The summed E-state index contributed by atoms with van der Waals surface area (Å²) in [5, 5.41) is 2.05. The number of thioether (sulfide) groups is 1. The summed E-state index contributed by atoms with van der Waals surface area (Å²) in [4.78, 5) is 14.0. The lowest BCUT2D eigenvalue weighted by atomic mass is 10.0. The Labute approximate surface area is 105 Å². The second-order valence-electron chi connectivity index (χ2n) is 4.31. The Morgan fingerprint density at radius 1 is 1.69 bits per heavy atom. The summed E-state index contributed by atoms with van der Waals surface area (Å²) in [5.74, 6) is 1.56. The van der Waals surface area contributed by atoms with E-state index in [-0.39, 0.29) is 0 Å². The number of nitrogens with zero attached hydrogens (tertiary/aromatic N) is 1. The van der Waals surface area contributed by atoms with Crippen molar-refractivity contribution in [2.45, 2.75) is 24.0 Å². The van der Waals surface area contributed by atoms with Crippen molar-refractivity contribution in [1.29, 1.82) is 0 Å². The number of piperidine rings is 1. The number of hydrogen-bond donors (Lipinski definition) is 0. The van der Waals surface area contributed by atoms with Gasteiger partial charge in [-0.05, 0) is 30.2 Å². The summed E-state index contributed by atoms with van der Waals surface area (Å²) < 4.78 is 1.23. The Hall–Kier alpha value is -0.480. The fourth-order valence-corrected chi connectivity index (χ4v) is 3.67. The summed E-state index contributed by atoms with van der Waals surface area (Å²) >= 11 is 3.36. The third-order valence-electron chi connectivity index (χ3n) is 2.84. The van der Waals surface area contributed by atoms with Crippen LogP contribution in [-0.2, 0) is 4.79 Å². The molecule has 0 bridgehead atoms. The number of likely N-dealkylation sites (tertiary alicyclic amines) is 1. The number of carbonyl (C=O) groups excluding carboxylic acids is 1. The predicted octanol–water partition coefficient (Wildman–Crippen LogP) is 3.10. The van der Waals surface area contributed by atoms with Crippen LogP contribution in [0.3, 0.4) is 0 Å². The second kappa shape index (κ2) is 5.73. The topological polar surface area (TPSA) is 20.3 Å². The van der Waals surface area contributed by atoms with E-state index in [9.17, 15) is 4.79 Å². The Bertz CT molecular complexity index is 337. The molecule has 1 fully saturated rings. The molecule has 16 heavy (non-hydrogen) atoms. The third kappa shape index (κ3) is 3.25. The molecule has 1 amide bonds. The van der Waals surface area contributed by atoms with Crippen LogP contribution in [0.1, 0.15) is 19.8 Å². The van der Waals surface area contributed by atoms with Gasteiger partial charge in [0.25, 0.3) is 0 Å². The molecule has 2 nitrogen and oxygen atoms in total. The summed E-state index contributed by atoms with van der Waals surface area (Å²) in [6, 6.07) is 4.10. The minimum absolute atomic E-state index is 0.296. The third-order valence-corrected chi connectivity index (χ3v) is 4.96. The maximum atomic E-state index is 11.9. The molecule has 1 atom stereocenters. The number of amides is 1. The van der Waals surface area contributed by atoms with E-state index >= 15 is 0 Å². The van der Waals surface area contributed by atoms with Gasteiger partial charge in [-0.3, -0.25) is 4.79 Å². The lowest BCUT2D eigenvalue weighted by molar-refractivity contribution is -0.130. The first-order valence-electron chi connectivity index (χ1n) is 5.70. The first kappa shape index (κ1) is 12.0. The van der Waals surface area contributed by atoms with Crippen molar-refractivity contribution in [2.75, 3.05) is 18.8 Å². The average molecular weight is 255 g/mol. The van der Waals surface area contributed by atoms with Gasteiger partial charge in [0, 0.05) is 13.1 Å². The Morgan fingerprint density at radius 2 is 2.56 bits per heavy atom. The highest BCUT2D eigenvalue weighted by Crippen LogP contribution is 2.24. The molecular weight excluding hydrogens is 238 g/mol. The van der Waals surface area contributed by atoms with Crippen LogP contribution >= 0.6 is 23.1 Å². The van der Waals surface area contributed by atoms with E-state index in [4.69, 9.17) is 0 Å². The number of thiophene rings is 1. The van der Waals surface area contributed by atoms with Crippen molar-refractivity contribution in [2.24, 2.45) is 5.92 Å². The van der Waals surface area contributed by atoms with Crippen molar-refractivity contribution in [3.05, 3.63) is 17.5 Å². The molecule has 0 N–H and O–H groups in total. The van der Waals surface area contributed by atoms with Crippen molar-refractivity contribution in [3.63, 3.8) is 0 Å². The summed E-state index contributed by atoms with van der Waals surface area (Å²) in [5.41, 5.74) is 0. The van der Waals surface area contributed by atoms with Gasteiger partial charge in [0.05, 0.1) is 9.96 Å².